The summed E-state index contributed by atoms with van der Waals surface area (Å²) < 4.78 is 17.3. The molecule has 0 rings (SSSR count). The third kappa shape index (κ3) is 3.39. The van der Waals surface area contributed by atoms with E-state index in [-0.39, 0.29) is 11.8 Å². The zero-order valence-electron chi connectivity index (χ0n) is 8.13. The first kappa shape index (κ1) is 11.2. The van der Waals surface area contributed by atoms with Crippen LogP contribution in [-0.2, 0) is 9.09 Å². The van der Waals surface area contributed by atoms with E-state index in [1.54, 1.807) is 0 Å². The fourth-order valence-electron chi connectivity index (χ4n) is 0.918. The molecular weight excluding hydrogens is 159 g/mol. The van der Waals surface area contributed by atoms with Gasteiger partial charge in [0.2, 0.25) is 7.37 Å². The van der Waals surface area contributed by atoms with Gasteiger partial charge in [-0.2, -0.15) is 0 Å². The summed E-state index contributed by atoms with van der Waals surface area (Å²) in [5.74, 6) is 0. The molecule has 0 aliphatic rings. The topological polar surface area (TPSA) is 26.3 Å². The lowest BCUT2D eigenvalue weighted by Gasteiger charge is -2.22. The summed E-state index contributed by atoms with van der Waals surface area (Å²) >= 11 is 0. The Morgan fingerprint density at radius 2 is 1.73 bits per heavy atom. The second kappa shape index (κ2) is 4.27. The van der Waals surface area contributed by atoms with Crippen LogP contribution < -0.4 is 0 Å². The van der Waals surface area contributed by atoms with E-state index in [2.05, 4.69) is 0 Å². The molecule has 0 saturated carbocycles. The normalized spacial score (nSPS) is 17.4. The highest BCUT2D eigenvalue weighted by Gasteiger charge is 2.25. The Bertz CT molecular complexity index is 152. The Balaban J connectivity index is 4.24. The monoisotopic (exact) mass is 178 g/mol. The Labute approximate surface area is 69.8 Å². The SMILES string of the molecule is CCP(=O)(OC(C)C)C(C)C. The van der Waals surface area contributed by atoms with Crippen LogP contribution in [0.5, 0.6) is 0 Å². The summed E-state index contributed by atoms with van der Waals surface area (Å²) in [5, 5.41) is 0. The van der Waals surface area contributed by atoms with Crippen molar-refractivity contribution < 1.29 is 9.09 Å². The third-order valence-electron chi connectivity index (χ3n) is 1.62. The van der Waals surface area contributed by atoms with Crippen LogP contribution in [-0.4, -0.2) is 17.9 Å². The van der Waals surface area contributed by atoms with Crippen molar-refractivity contribution >= 4 is 7.37 Å². The fourth-order valence-corrected chi connectivity index (χ4v) is 2.75. The molecule has 1 atom stereocenters. The molecule has 0 heterocycles. The van der Waals surface area contributed by atoms with Crippen molar-refractivity contribution in [1.29, 1.82) is 0 Å². The van der Waals surface area contributed by atoms with Crippen LogP contribution in [0.15, 0.2) is 0 Å². The van der Waals surface area contributed by atoms with Crippen LogP contribution in [0.1, 0.15) is 34.6 Å². The summed E-state index contributed by atoms with van der Waals surface area (Å²) in [6.07, 6.45) is 0.714. The maximum Gasteiger partial charge on any atom is 0.205 e. The van der Waals surface area contributed by atoms with E-state index in [0.29, 0.717) is 6.16 Å². The average molecular weight is 178 g/mol. The Hall–Kier alpha value is 0.190. The predicted octanol–water partition coefficient (Wildman–Crippen LogP) is 3.12. The largest absolute Gasteiger partial charge is 0.326 e. The molecule has 3 heteroatoms. The average Bonchev–Trinajstić information content (AvgIpc) is 1.86. The molecular formula is C8H19O2P. The molecule has 0 radical (unpaired) electrons. The smallest absolute Gasteiger partial charge is 0.205 e. The zero-order chi connectivity index (χ0) is 9.07. The Morgan fingerprint density at radius 3 is 1.82 bits per heavy atom. The van der Waals surface area contributed by atoms with Crippen molar-refractivity contribution in [3.8, 4) is 0 Å². The van der Waals surface area contributed by atoms with Crippen molar-refractivity contribution in [1.82, 2.24) is 0 Å². The van der Waals surface area contributed by atoms with E-state index in [0.717, 1.165) is 0 Å². The molecule has 0 amide bonds. The summed E-state index contributed by atoms with van der Waals surface area (Å²) in [5.41, 5.74) is 0.148. The van der Waals surface area contributed by atoms with Gasteiger partial charge in [-0.25, -0.2) is 0 Å². The van der Waals surface area contributed by atoms with Gasteiger partial charge < -0.3 is 4.52 Å². The highest BCUT2D eigenvalue weighted by molar-refractivity contribution is 7.59. The minimum atomic E-state index is -2.33. The summed E-state index contributed by atoms with van der Waals surface area (Å²) in [4.78, 5) is 0. The van der Waals surface area contributed by atoms with E-state index >= 15 is 0 Å². The molecule has 1 unspecified atom stereocenters. The van der Waals surface area contributed by atoms with E-state index in [1.165, 1.54) is 0 Å². The lowest BCUT2D eigenvalue weighted by molar-refractivity contribution is 0.240. The van der Waals surface area contributed by atoms with Crippen LogP contribution in [0.25, 0.3) is 0 Å². The Morgan fingerprint density at radius 1 is 1.27 bits per heavy atom. The number of rotatable bonds is 4. The first-order chi connectivity index (χ1) is 4.92. The van der Waals surface area contributed by atoms with Crippen LogP contribution in [0.3, 0.4) is 0 Å². The molecule has 0 bridgehead atoms. The van der Waals surface area contributed by atoms with E-state index in [9.17, 15) is 4.57 Å². The maximum atomic E-state index is 11.9. The number of hydrogen-bond acceptors (Lipinski definition) is 2. The lowest BCUT2D eigenvalue weighted by Crippen LogP contribution is -2.09. The van der Waals surface area contributed by atoms with Crippen molar-refractivity contribution in [2.24, 2.45) is 0 Å². The minimum absolute atomic E-state index is 0.0724. The van der Waals surface area contributed by atoms with Gasteiger partial charge in [-0.15, -0.1) is 0 Å². The van der Waals surface area contributed by atoms with Gasteiger partial charge in [-0.3, -0.25) is 4.57 Å². The first-order valence-electron chi connectivity index (χ1n) is 4.19. The summed E-state index contributed by atoms with van der Waals surface area (Å²) in [7, 11) is -2.33. The van der Waals surface area contributed by atoms with Crippen LogP contribution in [0.4, 0.5) is 0 Å². The van der Waals surface area contributed by atoms with E-state index in [1.807, 2.05) is 34.6 Å². The Kier molecular flexibility index (Phi) is 4.35. The van der Waals surface area contributed by atoms with Crippen molar-refractivity contribution in [3.63, 3.8) is 0 Å². The van der Waals surface area contributed by atoms with Gasteiger partial charge in [0.1, 0.15) is 0 Å². The lowest BCUT2D eigenvalue weighted by atomic mass is 10.5. The third-order valence-corrected chi connectivity index (χ3v) is 4.85. The highest BCUT2D eigenvalue weighted by atomic mass is 31.2. The van der Waals surface area contributed by atoms with Gasteiger partial charge >= 0.3 is 0 Å². The van der Waals surface area contributed by atoms with Crippen LogP contribution >= 0.6 is 7.37 Å². The summed E-state index contributed by atoms with van der Waals surface area (Å²) in [6.45, 7) is 9.66. The standard InChI is InChI=1S/C8H19O2P/c1-6-11(9,8(4)5)10-7(2)3/h7-8H,6H2,1-5H3. The van der Waals surface area contributed by atoms with Gasteiger partial charge in [-0.05, 0) is 13.8 Å². The molecule has 0 aliphatic heterocycles. The van der Waals surface area contributed by atoms with Crippen LogP contribution in [0.2, 0.25) is 0 Å². The molecule has 0 aliphatic carbocycles. The van der Waals surface area contributed by atoms with Crippen LogP contribution in [0, 0.1) is 0 Å². The molecule has 2 nitrogen and oxygen atoms in total. The fraction of sp³-hybridized carbons (Fsp3) is 1.00. The second-order valence-corrected chi connectivity index (χ2v) is 6.62. The molecule has 0 fully saturated rings. The highest BCUT2D eigenvalue weighted by Crippen LogP contribution is 2.52. The molecule has 0 N–H and O–H groups in total. The second-order valence-electron chi connectivity index (χ2n) is 3.29. The van der Waals surface area contributed by atoms with Crippen molar-refractivity contribution in [3.05, 3.63) is 0 Å². The molecule has 0 spiro atoms. The zero-order valence-corrected chi connectivity index (χ0v) is 9.02. The molecule has 0 saturated heterocycles. The maximum absolute atomic E-state index is 11.9. The van der Waals surface area contributed by atoms with Crippen molar-refractivity contribution in [2.45, 2.75) is 46.4 Å². The van der Waals surface area contributed by atoms with E-state index in [4.69, 9.17) is 4.52 Å². The van der Waals surface area contributed by atoms with Crippen molar-refractivity contribution in [2.75, 3.05) is 6.16 Å². The van der Waals surface area contributed by atoms with Gasteiger partial charge in [0.15, 0.2) is 0 Å². The predicted molar refractivity (Wildman–Crippen MR) is 49.5 cm³/mol. The molecule has 0 aromatic carbocycles. The van der Waals surface area contributed by atoms with Gasteiger partial charge in [0, 0.05) is 11.8 Å². The van der Waals surface area contributed by atoms with Gasteiger partial charge in [0.25, 0.3) is 0 Å². The van der Waals surface area contributed by atoms with Gasteiger partial charge in [0.05, 0.1) is 6.10 Å². The van der Waals surface area contributed by atoms with Gasteiger partial charge in [-0.1, -0.05) is 20.8 Å². The molecule has 11 heavy (non-hydrogen) atoms. The molecule has 0 aromatic heterocycles. The molecule has 0 aromatic rings. The number of hydrogen-bond donors (Lipinski definition) is 0. The quantitative estimate of drug-likeness (QED) is 0.618. The van der Waals surface area contributed by atoms with E-state index < -0.39 is 7.37 Å². The minimum Gasteiger partial charge on any atom is -0.326 e. The first-order valence-corrected chi connectivity index (χ1v) is 6.07. The molecule has 68 valence electrons. The summed E-state index contributed by atoms with van der Waals surface area (Å²) in [6, 6.07) is 0.